The third-order valence-corrected chi connectivity index (χ3v) is 5.54. The van der Waals surface area contributed by atoms with Crippen LogP contribution in [0.1, 0.15) is 11.1 Å². The fourth-order valence-electron chi connectivity index (χ4n) is 3.67. The first kappa shape index (κ1) is 20.9. The van der Waals surface area contributed by atoms with Gasteiger partial charge < -0.3 is 15.8 Å². The van der Waals surface area contributed by atoms with Crippen LogP contribution in [0, 0.1) is 0 Å². The largest absolute Gasteiger partial charge is 0.456 e. The molecule has 0 aromatic heterocycles. The Hall–Kier alpha value is -3.35. The molecule has 0 radical (unpaired) electrons. The summed E-state index contributed by atoms with van der Waals surface area (Å²) in [6.07, 6.45) is 0.507. The highest BCUT2D eigenvalue weighted by Gasteiger charge is 2.31. The number of nitrogens with two attached hydrogens (primary N) is 1. The predicted molar refractivity (Wildman–Crippen MR) is 120 cm³/mol. The maximum Gasteiger partial charge on any atom is 0.238 e. The number of carbonyl (C=O) groups is 2. The van der Waals surface area contributed by atoms with E-state index in [0.29, 0.717) is 35.2 Å². The molecule has 2 amide bonds. The molecule has 1 heterocycles. The molecule has 7 heteroatoms. The Balaban J connectivity index is 1.39. The van der Waals surface area contributed by atoms with E-state index in [9.17, 15) is 9.59 Å². The molecule has 3 N–H and O–H groups in total. The van der Waals surface area contributed by atoms with Crippen molar-refractivity contribution in [3.63, 3.8) is 0 Å². The number of nitrogens with one attached hydrogen (secondary N) is 1. The van der Waals surface area contributed by atoms with E-state index in [1.165, 1.54) is 0 Å². The average Bonchev–Trinajstić information content (AvgIpc) is 2.76. The van der Waals surface area contributed by atoms with Gasteiger partial charge in [0, 0.05) is 12.2 Å². The minimum Gasteiger partial charge on any atom is -0.456 e. The zero-order chi connectivity index (χ0) is 21.8. The second-order valence-electron chi connectivity index (χ2n) is 7.40. The van der Waals surface area contributed by atoms with Gasteiger partial charge in [-0.25, -0.2) is 0 Å². The molecule has 4 rings (SSSR count). The molecule has 6 nitrogen and oxygen atoms in total. The lowest BCUT2D eigenvalue weighted by Gasteiger charge is -2.34. The van der Waals surface area contributed by atoms with Crippen LogP contribution in [0.25, 0.3) is 0 Å². The zero-order valence-electron chi connectivity index (χ0n) is 16.8. The average molecular weight is 436 g/mol. The van der Waals surface area contributed by atoms with E-state index in [1.807, 2.05) is 41.3 Å². The molecule has 0 fully saturated rings. The lowest BCUT2D eigenvalue weighted by atomic mass is 9.93. The normalized spacial score (nSPS) is 15.7. The molecule has 1 atom stereocenters. The van der Waals surface area contributed by atoms with Crippen molar-refractivity contribution in [2.45, 2.75) is 19.0 Å². The van der Waals surface area contributed by atoms with Crippen molar-refractivity contribution in [1.82, 2.24) is 4.90 Å². The van der Waals surface area contributed by atoms with Gasteiger partial charge in [-0.3, -0.25) is 14.5 Å². The Labute approximate surface area is 185 Å². The van der Waals surface area contributed by atoms with E-state index in [2.05, 4.69) is 5.32 Å². The summed E-state index contributed by atoms with van der Waals surface area (Å²) >= 11 is 6.11. The highest BCUT2D eigenvalue weighted by atomic mass is 35.5. The van der Waals surface area contributed by atoms with Crippen LogP contribution in [0.2, 0.25) is 5.02 Å². The van der Waals surface area contributed by atoms with Gasteiger partial charge >= 0.3 is 0 Å². The Morgan fingerprint density at radius 2 is 1.68 bits per heavy atom. The Kier molecular flexibility index (Phi) is 6.21. The van der Waals surface area contributed by atoms with E-state index < -0.39 is 11.9 Å². The van der Waals surface area contributed by atoms with Crippen molar-refractivity contribution in [2.24, 2.45) is 5.73 Å². The molecule has 0 unspecified atom stereocenters. The number of fused-ring (bicyclic) bond motifs is 1. The Morgan fingerprint density at radius 1 is 1.00 bits per heavy atom. The first-order valence-corrected chi connectivity index (χ1v) is 10.3. The maximum atomic E-state index is 12.6. The zero-order valence-corrected chi connectivity index (χ0v) is 17.5. The topological polar surface area (TPSA) is 84.7 Å². The van der Waals surface area contributed by atoms with Crippen molar-refractivity contribution >= 4 is 29.1 Å². The SMILES string of the molecule is NC(=O)[C@@H]1Cc2ccccc2CN1CC(=O)Nc1ccc(Oc2ccccc2Cl)cc1. The third-order valence-electron chi connectivity index (χ3n) is 5.22. The van der Waals surface area contributed by atoms with Gasteiger partial charge in [0.2, 0.25) is 11.8 Å². The monoisotopic (exact) mass is 435 g/mol. The first-order chi connectivity index (χ1) is 15.0. The van der Waals surface area contributed by atoms with E-state index in [1.54, 1.807) is 36.4 Å². The minimum atomic E-state index is -0.507. The number of hydrogen-bond donors (Lipinski definition) is 2. The molecule has 3 aromatic rings. The first-order valence-electron chi connectivity index (χ1n) is 9.92. The van der Waals surface area contributed by atoms with Crippen LogP contribution in [0.3, 0.4) is 0 Å². The number of carbonyl (C=O) groups excluding carboxylic acids is 2. The smallest absolute Gasteiger partial charge is 0.238 e. The van der Waals surface area contributed by atoms with Gasteiger partial charge in [0.15, 0.2) is 0 Å². The third kappa shape index (κ3) is 5.05. The molecule has 1 aliphatic rings. The van der Waals surface area contributed by atoms with Gasteiger partial charge in [0.25, 0.3) is 0 Å². The van der Waals surface area contributed by atoms with Crippen LogP contribution in [0.5, 0.6) is 11.5 Å². The molecule has 1 aliphatic heterocycles. The maximum absolute atomic E-state index is 12.6. The van der Waals surface area contributed by atoms with Crippen molar-refractivity contribution in [2.75, 3.05) is 11.9 Å². The van der Waals surface area contributed by atoms with Crippen LogP contribution in [0.4, 0.5) is 5.69 Å². The Bertz CT molecular complexity index is 1100. The number of para-hydroxylation sites is 1. The quantitative estimate of drug-likeness (QED) is 0.613. The molecule has 0 bridgehead atoms. The number of nitrogens with zero attached hydrogens (tertiary/aromatic N) is 1. The second kappa shape index (κ2) is 9.20. The number of benzene rings is 3. The molecular formula is C24H22ClN3O3. The Morgan fingerprint density at radius 3 is 2.39 bits per heavy atom. The van der Waals surface area contributed by atoms with Crippen LogP contribution >= 0.6 is 11.6 Å². The van der Waals surface area contributed by atoms with E-state index in [0.717, 1.165) is 11.1 Å². The second-order valence-corrected chi connectivity index (χ2v) is 7.81. The van der Waals surface area contributed by atoms with Crippen LogP contribution in [-0.2, 0) is 22.6 Å². The molecule has 0 aliphatic carbocycles. The minimum absolute atomic E-state index is 0.0693. The highest BCUT2D eigenvalue weighted by Crippen LogP contribution is 2.29. The molecule has 0 spiro atoms. The van der Waals surface area contributed by atoms with Gasteiger partial charge in [0.1, 0.15) is 11.5 Å². The lowest BCUT2D eigenvalue weighted by Crippen LogP contribution is -2.50. The summed E-state index contributed by atoms with van der Waals surface area (Å²) < 4.78 is 5.76. The summed E-state index contributed by atoms with van der Waals surface area (Å²) in [5.74, 6) is 0.519. The van der Waals surface area contributed by atoms with Gasteiger partial charge in [-0.1, -0.05) is 48.0 Å². The van der Waals surface area contributed by atoms with Crippen molar-refractivity contribution in [1.29, 1.82) is 0 Å². The summed E-state index contributed by atoms with van der Waals surface area (Å²) in [7, 11) is 0. The number of anilines is 1. The molecule has 0 saturated heterocycles. The summed E-state index contributed by atoms with van der Waals surface area (Å²) in [6.45, 7) is 0.571. The number of rotatable bonds is 6. The van der Waals surface area contributed by atoms with Gasteiger partial charge in [-0.05, 0) is 53.9 Å². The van der Waals surface area contributed by atoms with Crippen molar-refractivity contribution < 1.29 is 14.3 Å². The number of amides is 2. The summed E-state index contributed by atoms with van der Waals surface area (Å²) in [5.41, 5.74) is 8.43. The van der Waals surface area contributed by atoms with Crippen LogP contribution in [-0.4, -0.2) is 29.3 Å². The molecule has 3 aromatic carbocycles. The van der Waals surface area contributed by atoms with Crippen molar-refractivity contribution in [3.05, 3.63) is 88.9 Å². The van der Waals surface area contributed by atoms with Gasteiger partial charge in [-0.2, -0.15) is 0 Å². The van der Waals surface area contributed by atoms with E-state index in [-0.39, 0.29) is 12.5 Å². The molecule has 158 valence electrons. The standard InChI is InChI=1S/C24H22ClN3O3/c25-20-7-3-4-8-22(20)31-19-11-9-18(10-12-19)27-23(29)15-28-14-17-6-2-1-5-16(17)13-21(28)24(26)30/h1-12,21H,13-15H2,(H2,26,30)(H,27,29)/t21-/m0/s1. The van der Waals surface area contributed by atoms with E-state index in [4.69, 9.17) is 22.1 Å². The number of halogens is 1. The number of hydrogen-bond acceptors (Lipinski definition) is 4. The molecular weight excluding hydrogens is 414 g/mol. The van der Waals surface area contributed by atoms with Crippen LogP contribution < -0.4 is 15.8 Å². The highest BCUT2D eigenvalue weighted by molar-refractivity contribution is 6.32. The van der Waals surface area contributed by atoms with Gasteiger partial charge in [0.05, 0.1) is 17.6 Å². The lowest BCUT2D eigenvalue weighted by molar-refractivity contribution is -0.125. The number of primary amides is 1. The van der Waals surface area contributed by atoms with Crippen molar-refractivity contribution in [3.8, 4) is 11.5 Å². The van der Waals surface area contributed by atoms with Gasteiger partial charge in [-0.15, -0.1) is 0 Å². The van der Waals surface area contributed by atoms with E-state index >= 15 is 0 Å². The van der Waals surface area contributed by atoms with Crippen LogP contribution in [0.15, 0.2) is 72.8 Å². The number of ether oxygens (including phenoxy) is 1. The fraction of sp³-hybridized carbons (Fsp3) is 0.167. The molecule has 0 saturated carbocycles. The predicted octanol–water partition coefficient (Wildman–Crippen LogP) is 3.98. The molecule has 31 heavy (non-hydrogen) atoms. The summed E-state index contributed by atoms with van der Waals surface area (Å²) in [4.78, 5) is 26.4. The summed E-state index contributed by atoms with van der Waals surface area (Å²) in [5, 5.41) is 3.38. The fourth-order valence-corrected chi connectivity index (χ4v) is 3.84. The summed E-state index contributed by atoms with van der Waals surface area (Å²) in [6, 6.07) is 21.6.